The second kappa shape index (κ2) is 5.36. The zero-order valence-corrected chi connectivity index (χ0v) is 12.1. The maximum absolute atomic E-state index is 11.9. The van der Waals surface area contributed by atoms with Crippen molar-refractivity contribution < 1.29 is 27.9 Å². The van der Waals surface area contributed by atoms with E-state index in [1.807, 2.05) is 0 Å². The smallest absolute Gasteiger partial charge is 0.410 e. The van der Waals surface area contributed by atoms with Crippen LogP contribution >= 0.6 is 0 Å². The number of aliphatic carboxylic acids is 1. The first-order valence-electron chi connectivity index (χ1n) is 5.92. The molecule has 110 valence electrons. The number of sulfone groups is 1. The minimum Gasteiger partial charge on any atom is -0.481 e. The molecule has 0 aromatic heterocycles. The number of nitrogens with zero attached hydrogens (tertiary/aromatic N) is 1. The molecule has 0 aliphatic carbocycles. The third-order valence-electron chi connectivity index (χ3n) is 2.57. The van der Waals surface area contributed by atoms with Crippen molar-refractivity contribution in [3.05, 3.63) is 0 Å². The van der Waals surface area contributed by atoms with Crippen LogP contribution in [0.5, 0.6) is 0 Å². The summed E-state index contributed by atoms with van der Waals surface area (Å²) < 4.78 is 28.2. The quantitative estimate of drug-likeness (QED) is 0.795. The third kappa shape index (κ3) is 5.06. The highest BCUT2D eigenvalue weighted by molar-refractivity contribution is 7.91. The number of hydrogen-bond donors (Lipinski definition) is 1. The fraction of sp³-hybridized carbons (Fsp3) is 0.818. The molecule has 0 radical (unpaired) electrons. The topological polar surface area (TPSA) is 101 Å². The van der Waals surface area contributed by atoms with Gasteiger partial charge in [-0.2, -0.15) is 0 Å². The predicted molar refractivity (Wildman–Crippen MR) is 67.6 cm³/mol. The minimum atomic E-state index is -3.30. The van der Waals surface area contributed by atoms with Gasteiger partial charge in [0.15, 0.2) is 9.84 Å². The van der Waals surface area contributed by atoms with Crippen LogP contribution in [0.25, 0.3) is 0 Å². The molecular weight excluding hydrogens is 274 g/mol. The summed E-state index contributed by atoms with van der Waals surface area (Å²) >= 11 is 0. The van der Waals surface area contributed by atoms with Crippen molar-refractivity contribution in [2.75, 3.05) is 18.1 Å². The van der Waals surface area contributed by atoms with Crippen LogP contribution in [-0.4, -0.2) is 60.2 Å². The monoisotopic (exact) mass is 293 g/mol. The number of carboxylic acid groups (broad SMARTS) is 1. The maximum Gasteiger partial charge on any atom is 0.410 e. The van der Waals surface area contributed by atoms with Gasteiger partial charge in [-0.3, -0.25) is 4.79 Å². The molecule has 19 heavy (non-hydrogen) atoms. The SMILES string of the molecule is CC(C)(C)OC(=O)N1CCS(=O)(=O)CC1CC(=O)O. The first kappa shape index (κ1) is 15.7. The van der Waals surface area contributed by atoms with E-state index in [4.69, 9.17) is 9.84 Å². The van der Waals surface area contributed by atoms with Crippen LogP contribution in [0.15, 0.2) is 0 Å². The van der Waals surface area contributed by atoms with Gasteiger partial charge in [0.2, 0.25) is 0 Å². The van der Waals surface area contributed by atoms with Crippen LogP contribution in [0.4, 0.5) is 4.79 Å². The normalized spacial score (nSPS) is 22.9. The molecule has 1 fully saturated rings. The average molecular weight is 293 g/mol. The van der Waals surface area contributed by atoms with E-state index in [0.717, 1.165) is 0 Å². The molecule has 1 aliphatic heterocycles. The number of rotatable bonds is 2. The molecule has 1 aliphatic rings. The van der Waals surface area contributed by atoms with E-state index in [9.17, 15) is 18.0 Å². The third-order valence-corrected chi connectivity index (χ3v) is 4.27. The maximum atomic E-state index is 11.9. The number of hydrogen-bond acceptors (Lipinski definition) is 5. The molecule has 0 bridgehead atoms. The Morgan fingerprint density at radius 2 is 1.95 bits per heavy atom. The van der Waals surface area contributed by atoms with Gasteiger partial charge in [0, 0.05) is 6.54 Å². The Balaban J connectivity index is 2.85. The molecule has 8 heteroatoms. The number of carbonyl (C=O) groups is 2. The molecule has 1 heterocycles. The Kier molecular flexibility index (Phi) is 4.44. The van der Waals surface area contributed by atoms with Gasteiger partial charge in [-0.05, 0) is 20.8 Å². The molecule has 1 rings (SSSR count). The number of carbonyl (C=O) groups excluding carboxylic acids is 1. The highest BCUT2D eigenvalue weighted by Gasteiger charge is 2.37. The zero-order chi connectivity index (χ0) is 14.8. The Morgan fingerprint density at radius 1 is 1.37 bits per heavy atom. The van der Waals surface area contributed by atoms with Gasteiger partial charge in [0.1, 0.15) is 5.60 Å². The number of amides is 1. The summed E-state index contributed by atoms with van der Waals surface area (Å²) in [5.41, 5.74) is -0.707. The van der Waals surface area contributed by atoms with Crippen LogP contribution in [0, 0.1) is 0 Å². The molecule has 7 nitrogen and oxygen atoms in total. The summed E-state index contributed by atoms with van der Waals surface area (Å²) in [4.78, 5) is 23.9. The van der Waals surface area contributed by atoms with Gasteiger partial charge in [-0.25, -0.2) is 13.2 Å². The molecule has 0 saturated carbocycles. The molecule has 1 amide bonds. The summed E-state index contributed by atoms with van der Waals surface area (Å²) in [6.45, 7) is 5.04. The van der Waals surface area contributed by atoms with E-state index < -0.39 is 40.0 Å². The molecule has 0 spiro atoms. The van der Waals surface area contributed by atoms with E-state index in [1.165, 1.54) is 4.90 Å². The summed E-state index contributed by atoms with van der Waals surface area (Å²) in [6, 6.07) is -0.869. The number of carboxylic acids is 1. The molecular formula is C11H19NO6S. The lowest BCUT2D eigenvalue weighted by molar-refractivity contribution is -0.138. The second-order valence-corrected chi connectivity index (χ2v) is 7.77. The van der Waals surface area contributed by atoms with E-state index in [1.54, 1.807) is 20.8 Å². The lowest BCUT2D eigenvalue weighted by Gasteiger charge is -2.35. The van der Waals surface area contributed by atoms with E-state index in [0.29, 0.717) is 0 Å². The molecule has 1 N–H and O–H groups in total. The lowest BCUT2D eigenvalue weighted by atomic mass is 10.2. The largest absolute Gasteiger partial charge is 0.481 e. The van der Waals surface area contributed by atoms with Crippen LogP contribution in [0.3, 0.4) is 0 Å². The second-order valence-electron chi connectivity index (χ2n) is 5.54. The van der Waals surface area contributed by atoms with Crippen molar-refractivity contribution in [1.29, 1.82) is 0 Å². The van der Waals surface area contributed by atoms with Crippen LogP contribution in [0.1, 0.15) is 27.2 Å². The summed E-state index contributed by atoms with van der Waals surface area (Å²) in [7, 11) is -3.30. The number of ether oxygens (including phenoxy) is 1. The van der Waals surface area contributed by atoms with Crippen molar-refractivity contribution in [3.63, 3.8) is 0 Å². The molecule has 0 aromatic rings. The van der Waals surface area contributed by atoms with Gasteiger partial charge >= 0.3 is 12.1 Å². The van der Waals surface area contributed by atoms with Crippen LogP contribution < -0.4 is 0 Å². The standard InChI is InChI=1S/C11H19NO6S/c1-11(2,3)18-10(15)12-4-5-19(16,17)7-8(12)6-9(13)14/h8H,4-7H2,1-3H3,(H,13,14). The van der Waals surface area contributed by atoms with Gasteiger partial charge < -0.3 is 14.7 Å². The first-order valence-corrected chi connectivity index (χ1v) is 7.74. The van der Waals surface area contributed by atoms with Crippen molar-refractivity contribution in [1.82, 2.24) is 4.90 Å². The lowest BCUT2D eigenvalue weighted by Crippen LogP contribution is -2.53. The van der Waals surface area contributed by atoms with Gasteiger partial charge in [-0.15, -0.1) is 0 Å². The highest BCUT2D eigenvalue weighted by atomic mass is 32.2. The van der Waals surface area contributed by atoms with E-state index in [2.05, 4.69) is 0 Å². The Hall–Kier alpha value is -1.31. The average Bonchev–Trinajstić information content (AvgIpc) is 2.11. The van der Waals surface area contributed by atoms with Crippen LogP contribution in [0.2, 0.25) is 0 Å². The van der Waals surface area contributed by atoms with E-state index in [-0.39, 0.29) is 18.1 Å². The van der Waals surface area contributed by atoms with Gasteiger partial charge in [0.25, 0.3) is 0 Å². The Labute approximate surface area is 112 Å². The first-order chi connectivity index (χ1) is 8.50. The van der Waals surface area contributed by atoms with E-state index >= 15 is 0 Å². The minimum absolute atomic E-state index is 0.0325. The molecule has 1 saturated heterocycles. The fourth-order valence-electron chi connectivity index (χ4n) is 1.82. The van der Waals surface area contributed by atoms with Crippen molar-refractivity contribution in [3.8, 4) is 0 Å². The molecule has 1 unspecified atom stereocenters. The Morgan fingerprint density at radius 3 is 2.42 bits per heavy atom. The molecule has 1 atom stereocenters. The summed E-state index contributed by atoms with van der Waals surface area (Å²) in [5, 5.41) is 8.79. The fourth-order valence-corrected chi connectivity index (χ4v) is 3.34. The zero-order valence-electron chi connectivity index (χ0n) is 11.2. The van der Waals surface area contributed by atoms with Gasteiger partial charge in [0.05, 0.1) is 24.0 Å². The summed E-state index contributed by atoms with van der Waals surface area (Å²) in [6.07, 6.45) is -1.08. The van der Waals surface area contributed by atoms with Crippen molar-refractivity contribution in [2.24, 2.45) is 0 Å². The van der Waals surface area contributed by atoms with Crippen molar-refractivity contribution >= 4 is 21.9 Å². The summed E-state index contributed by atoms with van der Waals surface area (Å²) in [5.74, 6) is -1.64. The predicted octanol–water partition coefficient (Wildman–Crippen LogP) is 0.495. The Bertz CT molecular complexity index is 464. The van der Waals surface area contributed by atoms with Crippen molar-refractivity contribution in [2.45, 2.75) is 38.8 Å². The highest BCUT2D eigenvalue weighted by Crippen LogP contribution is 2.19. The molecule has 0 aromatic carbocycles. The van der Waals surface area contributed by atoms with Crippen LogP contribution in [-0.2, 0) is 19.4 Å². The van der Waals surface area contributed by atoms with Gasteiger partial charge in [-0.1, -0.05) is 0 Å².